The molecule has 3 heterocycles. The number of aliphatic hydroxyl groups excluding tert-OH is 2. The maximum absolute atomic E-state index is 13.3. The number of carboxylic acid groups (broad SMARTS) is 1. The fourth-order valence-corrected chi connectivity index (χ4v) is 5.19. The highest BCUT2D eigenvalue weighted by molar-refractivity contribution is 5.80. The Labute approximate surface area is 176 Å². The van der Waals surface area contributed by atoms with Gasteiger partial charge in [0.1, 0.15) is 0 Å². The quantitative estimate of drug-likeness (QED) is 0.528. The normalized spacial score (nSPS) is 34.1. The fourth-order valence-electron chi connectivity index (χ4n) is 5.19. The molecule has 168 valence electrons. The van der Waals surface area contributed by atoms with E-state index in [-0.39, 0.29) is 36.1 Å². The summed E-state index contributed by atoms with van der Waals surface area (Å²) in [5.41, 5.74) is 1.12. The number of nitrogens with zero attached hydrogens (tertiary/aromatic N) is 4. The van der Waals surface area contributed by atoms with Crippen molar-refractivity contribution in [2.24, 2.45) is 30.7 Å². The molecule has 10 heteroatoms. The summed E-state index contributed by atoms with van der Waals surface area (Å²) >= 11 is 0. The van der Waals surface area contributed by atoms with Crippen molar-refractivity contribution in [3.63, 3.8) is 0 Å². The molecule has 30 heavy (non-hydrogen) atoms. The molecule has 3 aliphatic rings. The maximum Gasteiger partial charge on any atom is 0.290 e. The first-order valence-electron chi connectivity index (χ1n) is 10.4. The first-order valence-corrected chi connectivity index (χ1v) is 10.4. The molecule has 1 aromatic rings. The van der Waals surface area contributed by atoms with Gasteiger partial charge in [0.05, 0.1) is 31.6 Å². The first kappa shape index (κ1) is 22.7. The summed E-state index contributed by atoms with van der Waals surface area (Å²) in [5.74, 6) is -0.427. The lowest BCUT2D eigenvalue weighted by molar-refractivity contribution is -0.158. The third-order valence-electron chi connectivity index (χ3n) is 6.62. The predicted octanol–water partition coefficient (Wildman–Crippen LogP) is -0.985. The monoisotopic (exact) mass is 424 g/mol. The number of carbonyl (C=O) groups is 2. The number of rotatable bonds is 3. The molecule has 6 atom stereocenters. The highest BCUT2D eigenvalue weighted by Gasteiger charge is 2.54. The van der Waals surface area contributed by atoms with E-state index in [1.165, 1.54) is 0 Å². The van der Waals surface area contributed by atoms with Crippen LogP contribution in [0.3, 0.4) is 0 Å². The number of aromatic nitrogens is 2. The Bertz CT molecular complexity index is 722. The van der Waals surface area contributed by atoms with Gasteiger partial charge in [-0.15, -0.1) is 0 Å². The van der Waals surface area contributed by atoms with Crippen molar-refractivity contribution in [3.8, 4) is 0 Å². The standard InChI is InChI=1S/C19H30N4O4.CH2O2/c1-12-16(19(26)23-3-5-27-6-4-23)14-10-22(9-13-7-20-21(2)8-13)11-15(14)18(25)17(12)24;2-1-3/h7-8,12,14-18,24-25H,3-6,9-11H2,1-2H3;1H,(H,2,3)/t12-,14+,15+,16+,17+,18+;/m1./s1. The number of ether oxygens (including phenoxy) is 1. The number of fused-ring (bicyclic) bond motifs is 1. The van der Waals surface area contributed by atoms with Crippen molar-refractivity contribution >= 4 is 12.4 Å². The van der Waals surface area contributed by atoms with E-state index in [4.69, 9.17) is 14.6 Å². The third-order valence-corrected chi connectivity index (χ3v) is 6.62. The zero-order valence-corrected chi connectivity index (χ0v) is 17.5. The van der Waals surface area contributed by atoms with Gasteiger partial charge >= 0.3 is 0 Å². The molecule has 2 aliphatic heterocycles. The first-order chi connectivity index (χ1) is 14.4. The van der Waals surface area contributed by atoms with Gasteiger partial charge < -0.3 is 25.0 Å². The number of aliphatic hydroxyl groups is 2. The van der Waals surface area contributed by atoms with Gasteiger partial charge in [0.15, 0.2) is 0 Å². The summed E-state index contributed by atoms with van der Waals surface area (Å²) < 4.78 is 7.16. The number of likely N-dealkylation sites (tertiary alicyclic amines) is 1. The van der Waals surface area contributed by atoms with Crippen LogP contribution in [0.1, 0.15) is 12.5 Å². The summed E-state index contributed by atoms with van der Waals surface area (Å²) in [5, 5.41) is 32.4. The molecule has 0 spiro atoms. The SMILES string of the molecule is C[C@H]1[C@H](O)[C@@H](O)[C@H]2CN(Cc3cnn(C)c3)C[C@@H]2[C@H]1C(=O)N1CCOCC1.O=CO. The summed E-state index contributed by atoms with van der Waals surface area (Å²) in [6.45, 7) is 6.20. The van der Waals surface area contributed by atoms with Gasteiger partial charge in [-0.25, -0.2) is 0 Å². The van der Waals surface area contributed by atoms with E-state index in [0.717, 1.165) is 18.7 Å². The molecule has 2 saturated heterocycles. The highest BCUT2D eigenvalue weighted by Crippen LogP contribution is 2.44. The van der Waals surface area contributed by atoms with Crippen LogP contribution >= 0.6 is 0 Å². The summed E-state index contributed by atoms with van der Waals surface area (Å²) in [6.07, 6.45) is 2.20. The molecule has 0 bridgehead atoms. The summed E-state index contributed by atoms with van der Waals surface area (Å²) in [4.78, 5) is 25.8. The maximum atomic E-state index is 13.3. The number of aryl methyl sites for hydroxylation is 1. The van der Waals surface area contributed by atoms with Crippen LogP contribution < -0.4 is 0 Å². The molecule has 3 N–H and O–H groups in total. The van der Waals surface area contributed by atoms with E-state index in [0.29, 0.717) is 32.8 Å². The smallest absolute Gasteiger partial charge is 0.290 e. The van der Waals surface area contributed by atoms with Gasteiger partial charge in [-0.05, 0) is 11.8 Å². The summed E-state index contributed by atoms with van der Waals surface area (Å²) in [6, 6.07) is 0. The fraction of sp³-hybridized carbons (Fsp3) is 0.750. The Morgan fingerprint density at radius 1 is 1.23 bits per heavy atom. The van der Waals surface area contributed by atoms with Crippen molar-refractivity contribution in [3.05, 3.63) is 18.0 Å². The van der Waals surface area contributed by atoms with Crippen LogP contribution in [-0.2, 0) is 27.9 Å². The van der Waals surface area contributed by atoms with Crippen LogP contribution in [0.25, 0.3) is 0 Å². The minimum absolute atomic E-state index is 0.0606. The average Bonchev–Trinajstić information content (AvgIpc) is 3.34. The zero-order valence-electron chi connectivity index (χ0n) is 17.5. The van der Waals surface area contributed by atoms with Gasteiger partial charge in [-0.1, -0.05) is 6.92 Å². The van der Waals surface area contributed by atoms with E-state index in [1.807, 2.05) is 31.3 Å². The highest BCUT2D eigenvalue weighted by atomic mass is 16.5. The van der Waals surface area contributed by atoms with Crippen molar-refractivity contribution in [1.29, 1.82) is 0 Å². The lowest BCUT2D eigenvalue weighted by Gasteiger charge is -2.45. The molecular weight excluding hydrogens is 392 g/mol. The molecule has 10 nitrogen and oxygen atoms in total. The molecule has 0 radical (unpaired) electrons. The van der Waals surface area contributed by atoms with Crippen molar-refractivity contribution in [1.82, 2.24) is 19.6 Å². The van der Waals surface area contributed by atoms with Crippen molar-refractivity contribution in [2.75, 3.05) is 39.4 Å². The Morgan fingerprint density at radius 3 is 2.47 bits per heavy atom. The molecule has 1 aliphatic carbocycles. The van der Waals surface area contributed by atoms with Crippen LogP contribution in [-0.4, -0.2) is 98.9 Å². The largest absolute Gasteiger partial charge is 0.483 e. The van der Waals surface area contributed by atoms with Gasteiger partial charge in [0, 0.05) is 63.4 Å². The average molecular weight is 424 g/mol. The van der Waals surface area contributed by atoms with E-state index < -0.39 is 12.2 Å². The Balaban J connectivity index is 0.000000806. The van der Waals surface area contributed by atoms with E-state index in [9.17, 15) is 15.0 Å². The van der Waals surface area contributed by atoms with Gasteiger partial charge in [-0.2, -0.15) is 5.10 Å². The number of hydrogen-bond acceptors (Lipinski definition) is 7. The minimum atomic E-state index is -0.861. The lowest BCUT2D eigenvalue weighted by atomic mass is 9.65. The Kier molecular flexibility index (Phi) is 7.45. The minimum Gasteiger partial charge on any atom is -0.483 e. The van der Waals surface area contributed by atoms with Gasteiger partial charge in [0.25, 0.3) is 6.47 Å². The molecule has 0 aromatic carbocycles. The van der Waals surface area contributed by atoms with Crippen LogP contribution in [0.5, 0.6) is 0 Å². The molecule has 1 aromatic heterocycles. The van der Waals surface area contributed by atoms with Gasteiger partial charge in [-0.3, -0.25) is 19.2 Å². The van der Waals surface area contributed by atoms with Crippen LogP contribution in [0.4, 0.5) is 0 Å². The second-order valence-corrected chi connectivity index (χ2v) is 8.45. The van der Waals surface area contributed by atoms with Crippen LogP contribution in [0, 0.1) is 23.7 Å². The van der Waals surface area contributed by atoms with Crippen molar-refractivity contribution < 1.29 is 29.6 Å². The summed E-state index contributed by atoms with van der Waals surface area (Å²) in [7, 11) is 1.89. The number of morpholine rings is 1. The molecule has 0 unspecified atom stereocenters. The Morgan fingerprint density at radius 2 is 1.87 bits per heavy atom. The molecule has 3 fully saturated rings. The molecular formula is C20H32N4O6. The zero-order chi connectivity index (χ0) is 21.8. The lowest BCUT2D eigenvalue weighted by Crippen LogP contribution is -2.57. The predicted molar refractivity (Wildman–Crippen MR) is 106 cm³/mol. The van der Waals surface area contributed by atoms with Gasteiger partial charge in [0.2, 0.25) is 5.91 Å². The molecule has 1 amide bonds. The van der Waals surface area contributed by atoms with E-state index >= 15 is 0 Å². The second kappa shape index (κ2) is 9.86. The van der Waals surface area contributed by atoms with E-state index in [2.05, 4.69) is 10.00 Å². The molecule has 4 rings (SSSR count). The number of hydrogen-bond donors (Lipinski definition) is 3. The topological polar surface area (TPSA) is 128 Å². The second-order valence-electron chi connectivity index (χ2n) is 8.45. The van der Waals surface area contributed by atoms with E-state index in [1.54, 1.807) is 4.68 Å². The van der Waals surface area contributed by atoms with Crippen molar-refractivity contribution in [2.45, 2.75) is 25.7 Å². The number of carbonyl (C=O) groups excluding carboxylic acids is 1. The van der Waals surface area contributed by atoms with Crippen LogP contribution in [0.15, 0.2) is 12.4 Å². The number of amides is 1. The van der Waals surface area contributed by atoms with Crippen LogP contribution in [0.2, 0.25) is 0 Å². The molecule has 1 saturated carbocycles. The Hall–Kier alpha value is -2.01. The third kappa shape index (κ3) is 4.66.